The van der Waals surface area contributed by atoms with Gasteiger partial charge in [-0.25, -0.2) is 0 Å². The van der Waals surface area contributed by atoms with Gasteiger partial charge in [0.1, 0.15) is 18.2 Å². The first kappa shape index (κ1) is 21.9. The van der Waals surface area contributed by atoms with E-state index in [-0.39, 0.29) is 17.5 Å². The van der Waals surface area contributed by atoms with Crippen LogP contribution in [0.1, 0.15) is 42.4 Å². The Morgan fingerprint density at radius 2 is 1.93 bits per heavy atom. The van der Waals surface area contributed by atoms with Crippen molar-refractivity contribution in [3.8, 4) is 17.6 Å². The molecule has 0 unspecified atom stereocenters. The molecule has 30 heavy (non-hydrogen) atoms. The Hall–Kier alpha value is -2.78. The second kappa shape index (κ2) is 10.3. The number of hydrogen-bond donors (Lipinski definition) is 1. The van der Waals surface area contributed by atoms with Gasteiger partial charge in [-0.3, -0.25) is 4.79 Å². The van der Waals surface area contributed by atoms with Gasteiger partial charge in [-0.2, -0.15) is 5.26 Å². The number of methoxy groups -OCH3 is 1. The molecular weight excluding hydrogens is 444 g/mol. The highest BCUT2D eigenvalue weighted by Crippen LogP contribution is 2.35. The zero-order chi connectivity index (χ0) is 21.5. The highest BCUT2D eigenvalue weighted by atomic mass is 79.9. The third kappa shape index (κ3) is 5.64. The van der Waals surface area contributed by atoms with E-state index >= 15 is 0 Å². The van der Waals surface area contributed by atoms with E-state index in [2.05, 4.69) is 21.2 Å². The molecule has 0 atom stereocenters. The van der Waals surface area contributed by atoms with Gasteiger partial charge in [0.15, 0.2) is 11.5 Å². The van der Waals surface area contributed by atoms with Gasteiger partial charge in [-0.05, 0) is 49.1 Å². The Bertz CT molecular complexity index is 971. The lowest BCUT2D eigenvalue weighted by molar-refractivity contribution is -0.117. The van der Waals surface area contributed by atoms with E-state index in [1.807, 2.05) is 37.3 Å². The fourth-order valence-corrected chi connectivity index (χ4v) is 3.85. The summed E-state index contributed by atoms with van der Waals surface area (Å²) in [5, 5.41) is 12.4. The van der Waals surface area contributed by atoms with Gasteiger partial charge in [-0.1, -0.05) is 58.6 Å². The minimum Gasteiger partial charge on any atom is -0.493 e. The summed E-state index contributed by atoms with van der Waals surface area (Å²) in [4.78, 5) is 12.5. The SMILES string of the molecule is COc1cc(/C=C(/C#N)C(=O)NC2CCCC2)c(Br)cc1OCc1ccc(C)cc1. The topological polar surface area (TPSA) is 71.3 Å². The average molecular weight is 469 g/mol. The summed E-state index contributed by atoms with van der Waals surface area (Å²) >= 11 is 3.52. The fourth-order valence-electron chi connectivity index (χ4n) is 3.42. The number of carbonyl (C=O) groups excluding carboxylic acids is 1. The average Bonchev–Trinajstić information content (AvgIpc) is 3.25. The van der Waals surface area contributed by atoms with Crippen LogP contribution in [0.2, 0.25) is 0 Å². The van der Waals surface area contributed by atoms with Crippen molar-refractivity contribution in [2.24, 2.45) is 0 Å². The van der Waals surface area contributed by atoms with Crippen molar-refractivity contribution in [2.45, 2.75) is 45.3 Å². The smallest absolute Gasteiger partial charge is 0.262 e. The van der Waals surface area contributed by atoms with Gasteiger partial charge in [0, 0.05) is 10.5 Å². The molecule has 0 bridgehead atoms. The normalized spacial score (nSPS) is 14.3. The van der Waals surface area contributed by atoms with Crippen LogP contribution < -0.4 is 14.8 Å². The van der Waals surface area contributed by atoms with Crippen molar-refractivity contribution in [2.75, 3.05) is 7.11 Å². The molecule has 2 aromatic carbocycles. The van der Waals surface area contributed by atoms with Crippen molar-refractivity contribution in [3.63, 3.8) is 0 Å². The Labute approximate surface area is 185 Å². The minimum absolute atomic E-state index is 0.0676. The molecule has 6 heteroatoms. The zero-order valence-electron chi connectivity index (χ0n) is 17.2. The highest BCUT2D eigenvalue weighted by molar-refractivity contribution is 9.10. The highest BCUT2D eigenvalue weighted by Gasteiger charge is 2.20. The summed E-state index contributed by atoms with van der Waals surface area (Å²) in [6.45, 7) is 2.45. The molecule has 0 heterocycles. The Balaban J connectivity index is 1.77. The van der Waals surface area contributed by atoms with E-state index in [1.54, 1.807) is 25.3 Å². The summed E-state index contributed by atoms with van der Waals surface area (Å²) < 4.78 is 12.1. The summed E-state index contributed by atoms with van der Waals surface area (Å²) in [5.74, 6) is 0.774. The van der Waals surface area contributed by atoms with Crippen molar-refractivity contribution < 1.29 is 14.3 Å². The summed E-state index contributed by atoms with van der Waals surface area (Å²) in [5.41, 5.74) is 2.99. The van der Waals surface area contributed by atoms with E-state index in [1.165, 1.54) is 5.56 Å². The van der Waals surface area contributed by atoms with Crippen molar-refractivity contribution >= 4 is 27.9 Å². The Morgan fingerprint density at radius 3 is 2.57 bits per heavy atom. The van der Waals surface area contributed by atoms with Crippen LogP contribution in [0.3, 0.4) is 0 Å². The zero-order valence-corrected chi connectivity index (χ0v) is 18.8. The first-order chi connectivity index (χ1) is 14.5. The molecule has 156 valence electrons. The number of hydrogen-bond acceptors (Lipinski definition) is 4. The molecule has 1 saturated carbocycles. The van der Waals surface area contributed by atoms with Crippen LogP contribution in [0.15, 0.2) is 46.4 Å². The minimum atomic E-state index is -0.338. The van der Waals surface area contributed by atoms with Crippen molar-refractivity contribution in [1.29, 1.82) is 5.26 Å². The molecule has 0 radical (unpaired) electrons. The Morgan fingerprint density at radius 1 is 1.23 bits per heavy atom. The monoisotopic (exact) mass is 468 g/mol. The lowest BCUT2D eigenvalue weighted by atomic mass is 10.1. The third-order valence-electron chi connectivity index (χ3n) is 5.15. The van der Waals surface area contributed by atoms with Gasteiger partial charge in [-0.15, -0.1) is 0 Å². The van der Waals surface area contributed by atoms with Gasteiger partial charge >= 0.3 is 0 Å². The fraction of sp³-hybridized carbons (Fsp3) is 0.333. The number of ether oxygens (including phenoxy) is 2. The number of nitrogens with zero attached hydrogens (tertiary/aromatic N) is 1. The predicted octanol–water partition coefficient (Wildman–Crippen LogP) is 5.31. The quantitative estimate of drug-likeness (QED) is 0.441. The van der Waals surface area contributed by atoms with Crippen LogP contribution in [0.5, 0.6) is 11.5 Å². The number of rotatable bonds is 7. The second-order valence-electron chi connectivity index (χ2n) is 7.42. The van der Waals surface area contributed by atoms with E-state index < -0.39 is 0 Å². The number of benzene rings is 2. The van der Waals surface area contributed by atoms with E-state index in [4.69, 9.17) is 9.47 Å². The largest absolute Gasteiger partial charge is 0.493 e. The van der Waals surface area contributed by atoms with Gasteiger partial charge in [0.25, 0.3) is 5.91 Å². The van der Waals surface area contributed by atoms with Crippen LogP contribution in [-0.4, -0.2) is 19.1 Å². The lowest BCUT2D eigenvalue weighted by Crippen LogP contribution is -2.33. The van der Waals surface area contributed by atoms with Crippen LogP contribution in [0.25, 0.3) is 6.08 Å². The standard InChI is InChI=1S/C24H25BrN2O3/c1-16-7-9-17(10-8-16)15-30-23-13-21(25)18(12-22(23)29-2)11-19(14-26)24(28)27-20-5-3-4-6-20/h7-13,20H,3-6,15H2,1-2H3,(H,27,28)/b19-11-. The summed E-state index contributed by atoms with van der Waals surface area (Å²) in [6.07, 6.45) is 5.73. The number of carbonyl (C=O) groups is 1. The van der Waals surface area contributed by atoms with Gasteiger partial charge in [0.05, 0.1) is 7.11 Å². The molecule has 1 aliphatic carbocycles. The molecule has 0 aliphatic heterocycles. The maximum atomic E-state index is 12.5. The molecule has 3 rings (SSSR count). The first-order valence-electron chi connectivity index (χ1n) is 9.98. The van der Waals surface area contributed by atoms with Crippen LogP contribution in [-0.2, 0) is 11.4 Å². The summed E-state index contributed by atoms with van der Waals surface area (Å²) in [7, 11) is 1.56. The van der Waals surface area contributed by atoms with Gasteiger partial charge < -0.3 is 14.8 Å². The molecule has 0 saturated heterocycles. The third-order valence-corrected chi connectivity index (χ3v) is 5.84. The lowest BCUT2D eigenvalue weighted by Gasteiger charge is -2.14. The second-order valence-corrected chi connectivity index (χ2v) is 8.28. The first-order valence-corrected chi connectivity index (χ1v) is 10.8. The van der Waals surface area contributed by atoms with E-state index in [9.17, 15) is 10.1 Å². The number of nitrogens with one attached hydrogen (secondary N) is 1. The summed E-state index contributed by atoms with van der Waals surface area (Å²) in [6, 6.07) is 13.9. The van der Waals surface area contributed by atoms with Crippen molar-refractivity contribution in [1.82, 2.24) is 5.32 Å². The van der Waals surface area contributed by atoms with Crippen molar-refractivity contribution in [3.05, 3.63) is 63.1 Å². The molecule has 0 spiro atoms. The van der Waals surface area contributed by atoms with E-state index in [0.717, 1.165) is 31.2 Å². The molecule has 2 aromatic rings. The maximum absolute atomic E-state index is 12.5. The number of aryl methyl sites for hydroxylation is 1. The molecule has 1 amide bonds. The molecular formula is C24H25BrN2O3. The number of amides is 1. The van der Waals surface area contributed by atoms with Gasteiger partial charge in [0.2, 0.25) is 0 Å². The van der Waals surface area contributed by atoms with E-state index in [0.29, 0.717) is 28.1 Å². The van der Waals surface area contributed by atoms with Crippen LogP contribution in [0, 0.1) is 18.3 Å². The number of halogens is 1. The molecule has 1 N–H and O–H groups in total. The molecule has 5 nitrogen and oxygen atoms in total. The van der Waals surface area contributed by atoms with Crippen LogP contribution in [0.4, 0.5) is 0 Å². The maximum Gasteiger partial charge on any atom is 0.262 e. The molecule has 1 fully saturated rings. The molecule has 1 aliphatic rings. The van der Waals surface area contributed by atoms with Crippen LogP contribution >= 0.6 is 15.9 Å². The Kier molecular flexibility index (Phi) is 7.53. The molecule has 0 aromatic heterocycles. The number of nitriles is 1. The predicted molar refractivity (Wildman–Crippen MR) is 120 cm³/mol.